The molecule has 0 unspecified atom stereocenters. The molecule has 0 fully saturated rings. The lowest BCUT2D eigenvalue weighted by Crippen LogP contribution is -2.07. The molecular formula is C19H21N5O. The van der Waals surface area contributed by atoms with Crippen LogP contribution in [0, 0.1) is 6.92 Å². The molecule has 0 bridgehead atoms. The largest absolute Gasteiger partial charge is 0.320 e. The molecule has 128 valence electrons. The van der Waals surface area contributed by atoms with Crippen molar-refractivity contribution in [3.05, 3.63) is 71.8 Å². The summed E-state index contributed by atoms with van der Waals surface area (Å²) in [6, 6.07) is 10.1. The first-order chi connectivity index (χ1) is 12.2. The number of aromatic nitrogens is 4. The van der Waals surface area contributed by atoms with Gasteiger partial charge in [-0.15, -0.1) is 0 Å². The monoisotopic (exact) mass is 335 g/mol. The third-order valence-corrected chi connectivity index (χ3v) is 3.94. The Morgan fingerprint density at radius 2 is 2.00 bits per heavy atom. The Balaban J connectivity index is 1.59. The van der Waals surface area contributed by atoms with Gasteiger partial charge < -0.3 is 5.32 Å². The maximum Gasteiger partial charge on any atom is 0.248 e. The van der Waals surface area contributed by atoms with E-state index < -0.39 is 0 Å². The molecular weight excluding hydrogens is 314 g/mol. The van der Waals surface area contributed by atoms with Gasteiger partial charge in [0.15, 0.2) is 0 Å². The van der Waals surface area contributed by atoms with Crippen LogP contribution < -0.4 is 5.32 Å². The van der Waals surface area contributed by atoms with E-state index >= 15 is 0 Å². The zero-order valence-electron chi connectivity index (χ0n) is 14.4. The Morgan fingerprint density at radius 1 is 1.20 bits per heavy atom. The lowest BCUT2D eigenvalue weighted by atomic mass is 10.2. The second-order valence-electron chi connectivity index (χ2n) is 5.74. The number of carbonyl (C=O) groups excluding carboxylic acids is 1. The molecule has 0 radical (unpaired) electrons. The predicted octanol–water partition coefficient (Wildman–Crippen LogP) is 3.11. The SMILES string of the molecule is CCn1ncc(/C=C/C(=O)Nc2cnn(Cc3ccccc3)c2)c1C. The Hall–Kier alpha value is -3.15. The number of hydrogen-bond acceptors (Lipinski definition) is 3. The Labute approximate surface area is 146 Å². The fourth-order valence-corrected chi connectivity index (χ4v) is 2.58. The van der Waals surface area contributed by atoms with Crippen molar-refractivity contribution in [2.45, 2.75) is 26.9 Å². The second-order valence-corrected chi connectivity index (χ2v) is 5.74. The number of hydrogen-bond donors (Lipinski definition) is 1. The van der Waals surface area contributed by atoms with Crippen LogP contribution in [0.2, 0.25) is 0 Å². The van der Waals surface area contributed by atoms with Crippen molar-refractivity contribution in [2.24, 2.45) is 0 Å². The van der Waals surface area contributed by atoms with Crippen LogP contribution in [-0.2, 0) is 17.9 Å². The molecule has 0 saturated carbocycles. The van der Waals surface area contributed by atoms with Crippen LogP contribution in [0.1, 0.15) is 23.7 Å². The lowest BCUT2D eigenvalue weighted by molar-refractivity contribution is -0.111. The third kappa shape index (κ3) is 4.23. The minimum Gasteiger partial charge on any atom is -0.320 e. The van der Waals surface area contributed by atoms with Gasteiger partial charge in [0, 0.05) is 30.1 Å². The molecule has 3 aromatic rings. The molecule has 1 aromatic carbocycles. The highest BCUT2D eigenvalue weighted by Crippen LogP contribution is 2.11. The van der Waals surface area contributed by atoms with Crippen molar-refractivity contribution in [2.75, 3.05) is 5.32 Å². The third-order valence-electron chi connectivity index (χ3n) is 3.94. The van der Waals surface area contributed by atoms with Crippen molar-refractivity contribution >= 4 is 17.7 Å². The van der Waals surface area contributed by atoms with E-state index in [9.17, 15) is 4.79 Å². The highest BCUT2D eigenvalue weighted by molar-refractivity contribution is 6.01. The van der Waals surface area contributed by atoms with E-state index in [1.807, 2.05) is 55.1 Å². The Kier molecular flexibility index (Phi) is 5.09. The zero-order valence-corrected chi connectivity index (χ0v) is 14.4. The fraction of sp³-hybridized carbons (Fsp3) is 0.211. The summed E-state index contributed by atoms with van der Waals surface area (Å²) in [6.45, 7) is 5.50. The van der Waals surface area contributed by atoms with E-state index in [0.29, 0.717) is 12.2 Å². The van der Waals surface area contributed by atoms with Gasteiger partial charge in [0.25, 0.3) is 0 Å². The van der Waals surface area contributed by atoms with Crippen molar-refractivity contribution in [3.63, 3.8) is 0 Å². The van der Waals surface area contributed by atoms with Crippen LogP contribution in [-0.4, -0.2) is 25.5 Å². The average Bonchev–Trinajstić information content (AvgIpc) is 3.20. The van der Waals surface area contributed by atoms with Crippen molar-refractivity contribution < 1.29 is 4.79 Å². The van der Waals surface area contributed by atoms with E-state index in [1.54, 1.807) is 23.2 Å². The first-order valence-corrected chi connectivity index (χ1v) is 8.23. The zero-order chi connectivity index (χ0) is 17.6. The van der Waals surface area contributed by atoms with Gasteiger partial charge in [-0.25, -0.2) is 0 Å². The molecule has 1 amide bonds. The second kappa shape index (κ2) is 7.61. The summed E-state index contributed by atoms with van der Waals surface area (Å²) in [6.07, 6.45) is 8.52. The van der Waals surface area contributed by atoms with E-state index in [-0.39, 0.29) is 5.91 Å². The summed E-state index contributed by atoms with van der Waals surface area (Å²) >= 11 is 0. The number of rotatable bonds is 6. The van der Waals surface area contributed by atoms with Crippen LogP contribution in [0.4, 0.5) is 5.69 Å². The standard InChI is InChI=1S/C19H21N5O/c1-3-24-15(2)17(11-21-24)9-10-19(25)22-18-12-20-23(14-18)13-16-7-5-4-6-8-16/h4-12,14H,3,13H2,1-2H3,(H,22,25)/b10-9+. The minimum atomic E-state index is -0.192. The average molecular weight is 335 g/mol. The van der Waals surface area contributed by atoms with Crippen molar-refractivity contribution in [1.29, 1.82) is 0 Å². The van der Waals surface area contributed by atoms with Crippen molar-refractivity contribution in [1.82, 2.24) is 19.6 Å². The molecule has 6 nitrogen and oxygen atoms in total. The molecule has 6 heteroatoms. The summed E-state index contributed by atoms with van der Waals surface area (Å²) in [7, 11) is 0. The molecule has 2 heterocycles. The predicted molar refractivity (Wildman–Crippen MR) is 98.1 cm³/mol. The molecule has 0 aliphatic heterocycles. The van der Waals surface area contributed by atoms with E-state index in [4.69, 9.17) is 0 Å². The molecule has 0 atom stereocenters. The van der Waals surface area contributed by atoms with Crippen LogP contribution in [0.15, 0.2) is 55.0 Å². The number of nitrogens with zero attached hydrogens (tertiary/aromatic N) is 4. The molecule has 0 saturated heterocycles. The number of anilines is 1. The molecule has 0 spiro atoms. The van der Waals surface area contributed by atoms with Gasteiger partial charge in [-0.1, -0.05) is 30.3 Å². The molecule has 0 aliphatic carbocycles. The molecule has 25 heavy (non-hydrogen) atoms. The summed E-state index contributed by atoms with van der Waals surface area (Å²) < 4.78 is 3.69. The molecule has 3 rings (SSSR count). The van der Waals surface area contributed by atoms with E-state index in [1.165, 1.54) is 6.08 Å². The van der Waals surface area contributed by atoms with Crippen LogP contribution >= 0.6 is 0 Å². The number of carbonyl (C=O) groups is 1. The van der Waals surface area contributed by atoms with Gasteiger partial charge in [0.05, 0.1) is 24.6 Å². The van der Waals surface area contributed by atoms with Crippen LogP contribution in [0.25, 0.3) is 6.08 Å². The first kappa shape index (κ1) is 16.7. The normalized spacial score (nSPS) is 11.1. The molecule has 1 N–H and O–H groups in total. The van der Waals surface area contributed by atoms with E-state index in [2.05, 4.69) is 15.5 Å². The number of benzene rings is 1. The quantitative estimate of drug-likeness (QED) is 0.704. The summed E-state index contributed by atoms with van der Waals surface area (Å²) in [5, 5.41) is 11.4. The van der Waals surface area contributed by atoms with Gasteiger partial charge in [0.1, 0.15) is 0 Å². The number of aryl methyl sites for hydroxylation is 1. The minimum absolute atomic E-state index is 0.192. The Morgan fingerprint density at radius 3 is 2.72 bits per heavy atom. The molecule has 2 aromatic heterocycles. The molecule has 0 aliphatic rings. The lowest BCUT2D eigenvalue weighted by Gasteiger charge is -2.01. The summed E-state index contributed by atoms with van der Waals surface area (Å²) in [4.78, 5) is 12.1. The van der Waals surface area contributed by atoms with Gasteiger partial charge >= 0.3 is 0 Å². The smallest absolute Gasteiger partial charge is 0.248 e. The van der Waals surface area contributed by atoms with Crippen LogP contribution in [0.3, 0.4) is 0 Å². The summed E-state index contributed by atoms with van der Waals surface area (Å²) in [5.74, 6) is -0.192. The van der Waals surface area contributed by atoms with E-state index in [0.717, 1.165) is 23.4 Å². The highest BCUT2D eigenvalue weighted by Gasteiger charge is 2.05. The number of amides is 1. The number of nitrogens with one attached hydrogen (secondary N) is 1. The maximum atomic E-state index is 12.1. The van der Waals surface area contributed by atoms with Gasteiger partial charge in [0.2, 0.25) is 5.91 Å². The first-order valence-electron chi connectivity index (χ1n) is 8.23. The van der Waals surface area contributed by atoms with Crippen LogP contribution in [0.5, 0.6) is 0 Å². The summed E-state index contributed by atoms with van der Waals surface area (Å²) in [5.41, 5.74) is 3.82. The fourth-order valence-electron chi connectivity index (χ4n) is 2.58. The Bertz CT molecular complexity index is 876. The van der Waals surface area contributed by atoms with Gasteiger partial charge in [-0.3, -0.25) is 14.2 Å². The van der Waals surface area contributed by atoms with Gasteiger partial charge in [-0.2, -0.15) is 10.2 Å². The van der Waals surface area contributed by atoms with Crippen molar-refractivity contribution in [3.8, 4) is 0 Å². The van der Waals surface area contributed by atoms with Gasteiger partial charge in [-0.05, 0) is 25.5 Å². The maximum absolute atomic E-state index is 12.1. The topological polar surface area (TPSA) is 64.7 Å². The highest BCUT2D eigenvalue weighted by atomic mass is 16.1.